The summed E-state index contributed by atoms with van der Waals surface area (Å²) in [5.41, 5.74) is -0.128. The molecule has 90 valence electrons. The first kappa shape index (κ1) is 11.2. The predicted molar refractivity (Wildman–Crippen MR) is 58.1 cm³/mol. The largest absolute Gasteiger partial charge is 0.480 e. The highest BCUT2D eigenvalue weighted by Gasteiger charge is 2.39. The molecule has 2 rings (SSSR count). The van der Waals surface area contributed by atoms with Gasteiger partial charge in [-0.1, -0.05) is 0 Å². The third-order valence-electron chi connectivity index (χ3n) is 3.52. The van der Waals surface area contributed by atoms with E-state index in [9.17, 15) is 9.59 Å². The molecule has 0 aromatic rings. The standard InChI is InChI=1S/C11H18N2O3/c1-11(5-2-6-11)13-10(16)12-8(9(14)15)7-3-4-7/h7-8H,2-6H2,1H3,(H,14,15)(H2,12,13,16). The van der Waals surface area contributed by atoms with Crippen LogP contribution in [-0.4, -0.2) is 28.7 Å². The Bertz CT molecular complexity index is 308. The molecule has 0 bridgehead atoms. The Morgan fingerprint density at radius 1 is 1.38 bits per heavy atom. The van der Waals surface area contributed by atoms with Gasteiger partial charge >= 0.3 is 12.0 Å². The van der Waals surface area contributed by atoms with E-state index in [-0.39, 0.29) is 17.5 Å². The number of nitrogens with one attached hydrogen (secondary N) is 2. The molecule has 2 amide bonds. The van der Waals surface area contributed by atoms with E-state index in [4.69, 9.17) is 5.11 Å². The lowest BCUT2D eigenvalue weighted by molar-refractivity contribution is -0.139. The average molecular weight is 226 g/mol. The molecule has 16 heavy (non-hydrogen) atoms. The summed E-state index contributed by atoms with van der Waals surface area (Å²) in [6, 6.07) is -1.06. The fraction of sp³-hybridized carbons (Fsp3) is 0.818. The highest BCUT2D eigenvalue weighted by molar-refractivity contribution is 5.83. The molecule has 0 radical (unpaired) electrons. The van der Waals surface area contributed by atoms with Gasteiger partial charge in [0.25, 0.3) is 0 Å². The van der Waals surface area contributed by atoms with Crippen molar-refractivity contribution in [3.8, 4) is 0 Å². The Morgan fingerprint density at radius 2 is 2.00 bits per heavy atom. The van der Waals surface area contributed by atoms with E-state index in [1.165, 1.54) is 0 Å². The Hall–Kier alpha value is -1.26. The van der Waals surface area contributed by atoms with E-state index in [1.54, 1.807) is 0 Å². The summed E-state index contributed by atoms with van der Waals surface area (Å²) in [5, 5.41) is 14.4. The third-order valence-corrected chi connectivity index (χ3v) is 3.52. The molecule has 0 heterocycles. The van der Waals surface area contributed by atoms with Crippen LogP contribution in [0.3, 0.4) is 0 Å². The van der Waals surface area contributed by atoms with Crippen molar-refractivity contribution in [1.29, 1.82) is 0 Å². The highest BCUT2D eigenvalue weighted by atomic mass is 16.4. The molecule has 2 saturated carbocycles. The molecule has 3 N–H and O–H groups in total. The lowest BCUT2D eigenvalue weighted by Gasteiger charge is -2.39. The number of carboxylic acid groups (broad SMARTS) is 1. The molecular formula is C11H18N2O3. The number of amides is 2. The van der Waals surface area contributed by atoms with Crippen molar-refractivity contribution < 1.29 is 14.7 Å². The molecule has 0 spiro atoms. The molecule has 1 atom stereocenters. The minimum atomic E-state index is -0.934. The SMILES string of the molecule is CC1(NC(=O)NC(C(=O)O)C2CC2)CCC1. The van der Waals surface area contributed by atoms with Crippen LogP contribution < -0.4 is 10.6 Å². The number of aliphatic carboxylic acids is 1. The Labute approximate surface area is 94.6 Å². The first-order valence-corrected chi connectivity index (χ1v) is 5.82. The molecule has 0 aromatic heterocycles. The van der Waals surface area contributed by atoms with Crippen LogP contribution in [0.25, 0.3) is 0 Å². The van der Waals surface area contributed by atoms with Gasteiger partial charge in [0.15, 0.2) is 0 Å². The van der Waals surface area contributed by atoms with Crippen LogP contribution in [-0.2, 0) is 4.79 Å². The minimum absolute atomic E-state index is 0.123. The highest BCUT2D eigenvalue weighted by Crippen LogP contribution is 2.33. The molecule has 2 aliphatic rings. The summed E-state index contributed by atoms with van der Waals surface area (Å²) in [6.07, 6.45) is 4.87. The normalized spacial score (nSPS) is 24.1. The fourth-order valence-electron chi connectivity index (χ4n) is 2.09. The second kappa shape index (κ2) is 3.96. The van der Waals surface area contributed by atoms with Gasteiger partial charge in [-0.3, -0.25) is 0 Å². The van der Waals surface area contributed by atoms with Crippen LogP contribution in [0, 0.1) is 5.92 Å². The number of hydrogen-bond donors (Lipinski definition) is 3. The van der Waals surface area contributed by atoms with Crippen molar-refractivity contribution in [2.24, 2.45) is 5.92 Å². The van der Waals surface area contributed by atoms with Crippen molar-refractivity contribution in [3.05, 3.63) is 0 Å². The smallest absolute Gasteiger partial charge is 0.326 e. The van der Waals surface area contributed by atoms with Crippen LogP contribution in [0.4, 0.5) is 4.79 Å². The van der Waals surface area contributed by atoms with Gasteiger partial charge in [0.05, 0.1) is 0 Å². The minimum Gasteiger partial charge on any atom is -0.480 e. The van der Waals surface area contributed by atoms with Crippen molar-refractivity contribution in [2.45, 2.75) is 50.6 Å². The maximum absolute atomic E-state index is 11.6. The summed E-state index contributed by atoms with van der Waals surface area (Å²) in [7, 11) is 0. The molecule has 0 aromatic carbocycles. The van der Waals surface area contributed by atoms with Crippen LogP contribution in [0.15, 0.2) is 0 Å². The summed E-state index contributed by atoms with van der Waals surface area (Å²) in [4.78, 5) is 22.5. The average Bonchev–Trinajstić information content (AvgIpc) is 2.94. The first-order chi connectivity index (χ1) is 7.50. The van der Waals surface area contributed by atoms with Gasteiger partial charge in [-0.15, -0.1) is 0 Å². The van der Waals surface area contributed by atoms with Gasteiger partial charge in [0, 0.05) is 5.54 Å². The van der Waals surface area contributed by atoms with Gasteiger partial charge in [-0.2, -0.15) is 0 Å². The van der Waals surface area contributed by atoms with Crippen LogP contribution in [0.5, 0.6) is 0 Å². The molecule has 1 unspecified atom stereocenters. The Balaban J connectivity index is 1.82. The predicted octanol–water partition coefficient (Wildman–Crippen LogP) is 1.09. The van der Waals surface area contributed by atoms with Crippen molar-refractivity contribution in [3.63, 3.8) is 0 Å². The zero-order chi connectivity index (χ0) is 11.8. The summed E-state index contributed by atoms with van der Waals surface area (Å²) in [6.45, 7) is 1.99. The Kier molecular flexibility index (Phi) is 2.78. The van der Waals surface area contributed by atoms with E-state index in [1.807, 2.05) is 6.92 Å². The zero-order valence-electron chi connectivity index (χ0n) is 9.45. The number of urea groups is 1. The summed E-state index contributed by atoms with van der Waals surface area (Å²) in [5.74, 6) is -0.811. The van der Waals surface area contributed by atoms with Gasteiger partial charge in [0.1, 0.15) is 6.04 Å². The number of rotatable bonds is 4. The second-order valence-electron chi connectivity index (χ2n) is 5.17. The lowest BCUT2D eigenvalue weighted by atomic mass is 9.79. The van der Waals surface area contributed by atoms with Crippen molar-refractivity contribution >= 4 is 12.0 Å². The van der Waals surface area contributed by atoms with Gasteiger partial charge < -0.3 is 15.7 Å². The van der Waals surface area contributed by atoms with E-state index < -0.39 is 12.0 Å². The maximum atomic E-state index is 11.6. The van der Waals surface area contributed by atoms with Crippen LogP contribution in [0.2, 0.25) is 0 Å². The number of hydrogen-bond acceptors (Lipinski definition) is 2. The van der Waals surface area contributed by atoms with E-state index in [2.05, 4.69) is 10.6 Å². The molecule has 5 heteroatoms. The summed E-state index contributed by atoms with van der Waals surface area (Å²) < 4.78 is 0. The van der Waals surface area contributed by atoms with Crippen molar-refractivity contribution in [1.82, 2.24) is 10.6 Å². The van der Waals surface area contributed by atoms with E-state index in [0.717, 1.165) is 32.1 Å². The van der Waals surface area contributed by atoms with Crippen LogP contribution >= 0.6 is 0 Å². The Morgan fingerprint density at radius 3 is 2.38 bits per heavy atom. The second-order valence-corrected chi connectivity index (χ2v) is 5.17. The monoisotopic (exact) mass is 226 g/mol. The third kappa shape index (κ3) is 2.46. The number of carbonyl (C=O) groups excluding carboxylic acids is 1. The van der Waals surface area contributed by atoms with Gasteiger partial charge in [0.2, 0.25) is 0 Å². The maximum Gasteiger partial charge on any atom is 0.326 e. The van der Waals surface area contributed by atoms with E-state index in [0.29, 0.717) is 0 Å². The van der Waals surface area contributed by atoms with Crippen LogP contribution in [0.1, 0.15) is 39.0 Å². The summed E-state index contributed by atoms with van der Waals surface area (Å²) >= 11 is 0. The quantitative estimate of drug-likeness (QED) is 0.671. The first-order valence-electron chi connectivity index (χ1n) is 5.82. The lowest BCUT2D eigenvalue weighted by Crippen LogP contribution is -2.57. The number of carboxylic acids is 1. The van der Waals surface area contributed by atoms with Gasteiger partial charge in [-0.05, 0) is 44.9 Å². The van der Waals surface area contributed by atoms with Crippen molar-refractivity contribution in [2.75, 3.05) is 0 Å². The van der Waals surface area contributed by atoms with Gasteiger partial charge in [-0.25, -0.2) is 9.59 Å². The number of carbonyl (C=O) groups is 2. The molecule has 2 fully saturated rings. The molecular weight excluding hydrogens is 208 g/mol. The molecule has 5 nitrogen and oxygen atoms in total. The van der Waals surface area contributed by atoms with E-state index >= 15 is 0 Å². The molecule has 0 saturated heterocycles. The topological polar surface area (TPSA) is 78.4 Å². The molecule has 0 aliphatic heterocycles. The fourth-order valence-corrected chi connectivity index (χ4v) is 2.09. The zero-order valence-corrected chi connectivity index (χ0v) is 9.45. The molecule has 2 aliphatic carbocycles.